The van der Waals surface area contributed by atoms with Crippen molar-refractivity contribution in [2.24, 2.45) is 17.8 Å². The van der Waals surface area contributed by atoms with E-state index in [1.54, 1.807) is 6.92 Å². The van der Waals surface area contributed by atoms with Crippen LogP contribution in [0.25, 0.3) is 0 Å². The van der Waals surface area contributed by atoms with E-state index in [0.717, 1.165) is 12.0 Å². The Morgan fingerprint density at radius 1 is 1.44 bits per heavy atom. The lowest BCUT2D eigenvalue weighted by atomic mass is 9.83. The number of nitrogens with zero attached hydrogens (tertiary/aromatic N) is 1. The van der Waals surface area contributed by atoms with E-state index in [-0.39, 0.29) is 29.8 Å². The summed E-state index contributed by atoms with van der Waals surface area (Å²) in [6.07, 6.45) is 1.13. The van der Waals surface area contributed by atoms with Crippen molar-refractivity contribution in [2.45, 2.75) is 50.8 Å². The minimum Gasteiger partial charge on any atom is -0.466 e. The Balaban J connectivity index is 1.81. The predicted octanol–water partition coefficient (Wildman–Crippen LogP) is 2.57. The van der Waals surface area contributed by atoms with E-state index in [1.165, 1.54) is 0 Å². The molecule has 1 aromatic carbocycles. The highest BCUT2D eigenvalue weighted by molar-refractivity contribution is 5.73. The van der Waals surface area contributed by atoms with E-state index in [2.05, 4.69) is 11.4 Å². The molecule has 134 valence electrons. The number of carbonyl (C=O) groups is 1. The molecule has 1 aromatic rings. The lowest BCUT2D eigenvalue weighted by Crippen LogP contribution is -2.48. The quantitative estimate of drug-likeness (QED) is 0.804. The summed E-state index contributed by atoms with van der Waals surface area (Å²) in [6, 6.07) is 12.4. The number of hydrogen-bond donors (Lipinski definition) is 2. The molecular weight excluding hydrogens is 316 g/mol. The van der Waals surface area contributed by atoms with Crippen molar-refractivity contribution in [3.63, 3.8) is 0 Å². The molecule has 2 aliphatic carbocycles. The molecule has 0 heterocycles. The highest BCUT2D eigenvalue weighted by Crippen LogP contribution is 2.53. The maximum absolute atomic E-state index is 12.2. The second-order valence-corrected chi connectivity index (χ2v) is 7.25. The summed E-state index contributed by atoms with van der Waals surface area (Å²) in [6.45, 7) is 4.17. The van der Waals surface area contributed by atoms with Gasteiger partial charge in [0.2, 0.25) is 0 Å². The van der Waals surface area contributed by atoms with Gasteiger partial charge < -0.3 is 9.84 Å². The first kappa shape index (κ1) is 17.9. The highest BCUT2D eigenvalue weighted by atomic mass is 16.5. The summed E-state index contributed by atoms with van der Waals surface area (Å²) in [4.78, 5) is 12.2. The van der Waals surface area contributed by atoms with Crippen LogP contribution in [-0.2, 0) is 9.53 Å². The Bertz CT molecular complexity index is 657. The molecule has 2 fully saturated rings. The number of aliphatic hydroxyl groups is 1. The monoisotopic (exact) mass is 342 g/mol. The number of esters is 1. The van der Waals surface area contributed by atoms with E-state index in [4.69, 9.17) is 4.74 Å². The van der Waals surface area contributed by atoms with Gasteiger partial charge >= 0.3 is 5.97 Å². The van der Waals surface area contributed by atoms with E-state index in [1.807, 2.05) is 37.3 Å². The van der Waals surface area contributed by atoms with Crippen LogP contribution in [0, 0.1) is 29.1 Å². The van der Waals surface area contributed by atoms with Crippen LogP contribution >= 0.6 is 0 Å². The first-order valence-electron chi connectivity index (χ1n) is 9.11. The second kappa shape index (κ2) is 7.15. The Hall–Kier alpha value is -1.90. The maximum Gasteiger partial charge on any atom is 0.309 e. The molecule has 2 aliphatic rings. The van der Waals surface area contributed by atoms with Gasteiger partial charge in [-0.25, -0.2) is 0 Å². The van der Waals surface area contributed by atoms with Crippen molar-refractivity contribution >= 4 is 5.97 Å². The predicted molar refractivity (Wildman–Crippen MR) is 93.3 cm³/mol. The van der Waals surface area contributed by atoms with E-state index >= 15 is 0 Å². The topological polar surface area (TPSA) is 82.3 Å². The molecule has 0 bridgehead atoms. The molecule has 0 spiro atoms. The van der Waals surface area contributed by atoms with Crippen molar-refractivity contribution in [3.05, 3.63) is 35.9 Å². The van der Waals surface area contributed by atoms with Crippen LogP contribution in [0.3, 0.4) is 0 Å². The third-order valence-corrected chi connectivity index (χ3v) is 5.89. The Morgan fingerprint density at radius 3 is 2.80 bits per heavy atom. The van der Waals surface area contributed by atoms with Gasteiger partial charge in [0.1, 0.15) is 5.54 Å². The molecule has 0 amide bonds. The van der Waals surface area contributed by atoms with Crippen molar-refractivity contribution < 1.29 is 14.6 Å². The minimum absolute atomic E-state index is 0.00607. The zero-order chi connectivity index (χ0) is 18.0. The smallest absolute Gasteiger partial charge is 0.309 e. The fourth-order valence-electron chi connectivity index (χ4n) is 4.82. The van der Waals surface area contributed by atoms with Crippen LogP contribution in [0.1, 0.15) is 44.7 Å². The Kier molecular flexibility index (Phi) is 5.12. The Morgan fingerprint density at radius 2 is 2.16 bits per heavy atom. The van der Waals surface area contributed by atoms with Crippen LogP contribution < -0.4 is 5.32 Å². The fraction of sp³-hybridized carbons (Fsp3) is 0.600. The summed E-state index contributed by atoms with van der Waals surface area (Å²) in [5.41, 5.74) is 0.302. The second-order valence-electron chi connectivity index (χ2n) is 7.25. The zero-order valence-corrected chi connectivity index (χ0v) is 14.8. The molecule has 5 heteroatoms. The van der Waals surface area contributed by atoms with E-state index in [0.29, 0.717) is 19.4 Å². The summed E-state index contributed by atoms with van der Waals surface area (Å²) in [5.74, 6) is -0.773. The van der Waals surface area contributed by atoms with Crippen LogP contribution in [0.5, 0.6) is 0 Å². The molecule has 2 saturated carbocycles. The molecule has 0 aromatic heterocycles. The molecule has 6 atom stereocenters. The first-order valence-corrected chi connectivity index (χ1v) is 9.11. The lowest BCUT2D eigenvalue weighted by Gasteiger charge is -2.32. The van der Waals surface area contributed by atoms with Gasteiger partial charge in [0, 0.05) is 18.4 Å². The standard InChI is InChI=1S/C20H26N2O3/c1-3-25-19(24)15-9-10-16-18(15)17(23)11-20(16,12-21)22-13(2)14-7-5-4-6-8-14/h4-8,13,15-18,22-23H,3,9-11H2,1-2H3/t13-,15-,16?,17+,18?,20-/m1/s1. The molecule has 2 N–H and O–H groups in total. The van der Waals surface area contributed by atoms with Gasteiger partial charge in [-0.3, -0.25) is 10.1 Å². The number of nitriles is 1. The van der Waals surface area contributed by atoms with Gasteiger partial charge in [0.25, 0.3) is 0 Å². The maximum atomic E-state index is 12.2. The van der Waals surface area contributed by atoms with Crippen LogP contribution in [0.15, 0.2) is 30.3 Å². The SMILES string of the molecule is CCOC(=O)[C@@H]1CCC2C1[C@@H](O)C[C@]2(C#N)N[C@H](C)c1ccccc1. The van der Waals surface area contributed by atoms with Gasteiger partial charge in [0.05, 0.1) is 24.7 Å². The number of aliphatic hydroxyl groups excluding tert-OH is 1. The number of carbonyl (C=O) groups excluding carboxylic acids is 1. The largest absolute Gasteiger partial charge is 0.466 e. The summed E-state index contributed by atoms with van der Waals surface area (Å²) in [7, 11) is 0. The third kappa shape index (κ3) is 3.17. The van der Waals surface area contributed by atoms with E-state index < -0.39 is 11.6 Å². The summed E-state index contributed by atoms with van der Waals surface area (Å²) in [5, 5.41) is 24.1. The van der Waals surface area contributed by atoms with Crippen molar-refractivity contribution in [1.82, 2.24) is 5.32 Å². The van der Waals surface area contributed by atoms with Gasteiger partial charge in [-0.2, -0.15) is 5.26 Å². The van der Waals surface area contributed by atoms with Crippen molar-refractivity contribution in [3.8, 4) is 6.07 Å². The first-order chi connectivity index (χ1) is 12.0. The lowest BCUT2D eigenvalue weighted by molar-refractivity contribution is -0.150. The molecule has 2 unspecified atom stereocenters. The molecular formula is C20H26N2O3. The summed E-state index contributed by atoms with van der Waals surface area (Å²) >= 11 is 0. The van der Waals surface area contributed by atoms with Crippen LogP contribution in [0.2, 0.25) is 0 Å². The molecule has 25 heavy (non-hydrogen) atoms. The molecule has 5 nitrogen and oxygen atoms in total. The van der Waals surface area contributed by atoms with Gasteiger partial charge in [0.15, 0.2) is 0 Å². The molecule has 3 rings (SSSR count). The number of hydrogen-bond acceptors (Lipinski definition) is 5. The number of fused-ring (bicyclic) bond motifs is 1. The molecule has 0 aliphatic heterocycles. The number of rotatable bonds is 5. The van der Waals surface area contributed by atoms with Crippen molar-refractivity contribution in [2.75, 3.05) is 6.61 Å². The van der Waals surface area contributed by atoms with Gasteiger partial charge in [-0.1, -0.05) is 30.3 Å². The van der Waals surface area contributed by atoms with Gasteiger partial charge in [-0.15, -0.1) is 0 Å². The average molecular weight is 342 g/mol. The Labute approximate surface area is 149 Å². The normalized spacial score (nSPS) is 35.0. The van der Waals surface area contributed by atoms with Gasteiger partial charge in [-0.05, 0) is 38.2 Å². The fourth-order valence-corrected chi connectivity index (χ4v) is 4.82. The van der Waals surface area contributed by atoms with E-state index in [9.17, 15) is 15.2 Å². The molecule has 0 radical (unpaired) electrons. The third-order valence-electron chi connectivity index (χ3n) is 5.89. The number of ether oxygens (including phenoxy) is 1. The minimum atomic E-state index is -0.805. The van der Waals surface area contributed by atoms with Crippen LogP contribution in [0.4, 0.5) is 0 Å². The molecule has 0 saturated heterocycles. The van der Waals surface area contributed by atoms with Crippen LogP contribution in [-0.4, -0.2) is 29.3 Å². The number of nitrogens with one attached hydrogen (secondary N) is 1. The number of benzene rings is 1. The zero-order valence-electron chi connectivity index (χ0n) is 14.8. The van der Waals surface area contributed by atoms with Crippen molar-refractivity contribution in [1.29, 1.82) is 5.26 Å². The highest BCUT2D eigenvalue weighted by Gasteiger charge is 2.60. The summed E-state index contributed by atoms with van der Waals surface area (Å²) < 4.78 is 5.18. The average Bonchev–Trinajstić information content (AvgIpc) is 3.17.